The molecule has 0 atom stereocenters. The molecule has 100 valence electrons. The average Bonchev–Trinajstić information content (AvgIpc) is 2.89. The Hall–Kier alpha value is -2.21. The van der Waals surface area contributed by atoms with E-state index < -0.39 is 0 Å². The van der Waals surface area contributed by atoms with Crippen LogP contribution in [0.4, 0.5) is 5.69 Å². The Kier molecular flexibility index (Phi) is 4.25. The van der Waals surface area contributed by atoms with E-state index in [1.165, 1.54) is 0 Å². The molecular formula is C13H16N4O2. The summed E-state index contributed by atoms with van der Waals surface area (Å²) in [7, 11) is 0. The zero-order valence-corrected chi connectivity index (χ0v) is 10.7. The number of nitro benzene ring substituents is 1. The molecule has 0 radical (unpaired) electrons. The summed E-state index contributed by atoms with van der Waals surface area (Å²) in [4.78, 5) is 14.5. The van der Waals surface area contributed by atoms with Gasteiger partial charge in [0.15, 0.2) is 0 Å². The van der Waals surface area contributed by atoms with E-state index in [9.17, 15) is 10.1 Å². The second-order valence-corrected chi connectivity index (χ2v) is 4.36. The van der Waals surface area contributed by atoms with E-state index in [0.717, 1.165) is 18.7 Å². The minimum Gasteiger partial charge on any atom is -0.336 e. The third-order valence-electron chi connectivity index (χ3n) is 2.91. The lowest BCUT2D eigenvalue weighted by Crippen LogP contribution is -2.19. The summed E-state index contributed by atoms with van der Waals surface area (Å²) in [5.41, 5.74) is 1.78. The van der Waals surface area contributed by atoms with Gasteiger partial charge in [-0.15, -0.1) is 0 Å². The molecule has 0 unspecified atom stereocenters. The maximum absolute atomic E-state index is 10.8. The molecule has 0 saturated heterocycles. The maximum Gasteiger partial charge on any atom is 0.272 e. The van der Waals surface area contributed by atoms with Gasteiger partial charge in [0.1, 0.15) is 0 Å². The van der Waals surface area contributed by atoms with Gasteiger partial charge < -0.3 is 9.88 Å². The fourth-order valence-electron chi connectivity index (χ4n) is 1.82. The van der Waals surface area contributed by atoms with Crippen LogP contribution in [-0.4, -0.2) is 21.0 Å². The number of rotatable bonds is 6. The topological polar surface area (TPSA) is 73.0 Å². The molecular weight excluding hydrogens is 244 g/mol. The number of nitrogens with one attached hydrogen (secondary N) is 1. The molecule has 6 nitrogen and oxygen atoms in total. The van der Waals surface area contributed by atoms with Crippen molar-refractivity contribution in [3.8, 4) is 0 Å². The molecule has 2 rings (SSSR count). The predicted octanol–water partition coefficient (Wildman–Crippen LogP) is 1.89. The van der Waals surface area contributed by atoms with Crippen molar-refractivity contribution in [3.05, 3.63) is 58.2 Å². The van der Waals surface area contributed by atoms with Crippen molar-refractivity contribution in [2.45, 2.75) is 20.0 Å². The van der Waals surface area contributed by atoms with E-state index in [0.29, 0.717) is 12.1 Å². The second kappa shape index (κ2) is 6.10. The standard InChI is InChI=1S/C13H16N4O2/c1-11-2-3-12(8-13(11)17(18)19)9-14-4-6-16-7-5-15-10-16/h2-3,5,7-8,10,14H,4,6,9H2,1H3. The highest BCUT2D eigenvalue weighted by molar-refractivity contribution is 5.42. The Bertz CT molecular complexity index is 552. The van der Waals surface area contributed by atoms with Crippen LogP contribution in [0.1, 0.15) is 11.1 Å². The summed E-state index contributed by atoms with van der Waals surface area (Å²) in [5.74, 6) is 0. The first-order chi connectivity index (χ1) is 9.16. The molecule has 0 aliphatic carbocycles. The van der Waals surface area contributed by atoms with Gasteiger partial charge in [0.05, 0.1) is 11.3 Å². The van der Waals surface area contributed by atoms with Crippen molar-refractivity contribution in [2.75, 3.05) is 6.54 Å². The molecule has 0 spiro atoms. The van der Waals surface area contributed by atoms with Gasteiger partial charge in [0, 0.05) is 43.7 Å². The van der Waals surface area contributed by atoms with Crippen LogP contribution < -0.4 is 5.32 Å². The molecule has 1 aromatic heterocycles. The van der Waals surface area contributed by atoms with Gasteiger partial charge in [-0.2, -0.15) is 0 Å². The van der Waals surface area contributed by atoms with Crippen molar-refractivity contribution in [2.24, 2.45) is 0 Å². The zero-order valence-electron chi connectivity index (χ0n) is 10.7. The van der Waals surface area contributed by atoms with Crippen LogP contribution in [0.25, 0.3) is 0 Å². The molecule has 0 aliphatic rings. The summed E-state index contributed by atoms with van der Waals surface area (Å²) in [6.07, 6.45) is 5.40. The number of nitrogens with zero attached hydrogens (tertiary/aromatic N) is 3. The predicted molar refractivity (Wildman–Crippen MR) is 71.8 cm³/mol. The molecule has 1 N–H and O–H groups in total. The smallest absolute Gasteiger partial charge is 0.272 e. The number of benzene rings is 1. The Labute approximate surface area is 111 Å². The number of nitro groups is 1. The minimum absolute atomic E-state index is 0.175. The molecule has 0 amide bonds. The molecule has 0 aliphatic heterocycles. The molecule has 19 heavy (non-hydrogen) atoms. The Morgan fingerprint density at radius 1 is 1.47 bits per heavy atom. The first-order valence-corrected chi connectivity index (χ1v) is 6.07. The van der Waals surface area contributed by atoms with Gasteiger partial charge in [0.2, 0.25) is 0 Å². The van der Waals surface area contributed by atoms with Crippen LogP contribution in [-0.2, 0) is 13.1 Å². The van der Waals surface area contributed by atoms with E-state index in [1.54, 1.807) is 31.6 Å². The summed E-state index contributed by atoms with van der Waals surface area (Å²) < 4.78 is 1.98. The number of hydrogen-bond donors (Lipinski definition) is 1. The fourth-order valence-corrected chi connectivity index (χ4v) is 1.82. The molecule has 1 aromatic carbocycles. The average molecular weight is 260 g/mol. The molecule has 6 heteroatoms. The van der Waals surface area contributed by atoms with Gasteiger partial charge in [0.25, 0.3) is 5.69 Å². The SMILES string of the molecule is Cc1ccc(CNCCn2ccnc2)cc1[N+](=O)[O-]. The first-order valence-electron chi connectivity index (χ1n) is 6.07. The Morgan fingerprint density at radius 2 is 2.32 bits per heavy atom. The van der Waals surface area contributed by atoms with Gasteiger partial charge in [-0.05, 0) is 12.5 Å². The van der Waals surface area contributed by atoms with E-state index in [2.05, 4.69) is 10.3 Å². The van der Waals surface area contributed by atoms with Crippen molar-refractivity contribution < 1.29 is 4.92 Å². The number of hydrogen-bond acceptors (Lipinski definition) is 4. The molecule has 2 aromatic rings. The van der Waals surface area contributed by atoms with Crippen LogP contribution in [0.15, 0.2) is 36.9 Å². The third-order valence-corrected chi connectivity index (χ3v) is 2.91. The van der Waals surface area contributed by atoms with Gasteiger partial charge in [-0.25, -0.2) is 4.98 Å². The molecule has 0 bridgehead atoms. The highest BCUT2D eigenvalue weighted by Crippen LogP contribution is 2.18. The highest BCUT2D eigenvalue weighted by atomic mass is 16.6. The Balaban J connectivity index is 1.86. The quantitative estimate of drug-likeness (QED) is 0.489. The van der Waals surface area contributed by atoms with Crippen LogP contribution in [0.2, 0.25) is 0 Å². The van der Waals surface area contributed by atoms with Crippen LogP contribution in [0.3, 0.4) is 0 Å². The minimum atomic E-state index is -0.343. The molecule has 0 saturated carbocycles. The van der Waals surface area contributed by atoms with Crippen molar-refractivity contribution in [1.29, 1.82) is 0 Å². The molecule has 1 heterocycles. The van der Waals surface area contributed by atoms with Crippen LogP contribution >= 0.6 is 0 Å². The second-order valence-electron chi connectivity index (χ2n) is 4.36. The normalized spacial score (nSPS) is 10.6. The summed E-state index contributed by atoms with van der Waals surface area (Å²) in [6, 6.07) is 5.32. The number of aryl methyl sites for hydroxylation is 1. The van der Waals surface area contributed by atoms with E-state index in [4.69, 9.17) is 0 Å². The van der Waals surface area contributed by atoms with Crippen molar-refractivity contribution >= 4 is 5.69 Å². The highest BCUT2D eigenvalue weighted by Gasteiger charge is 2.10. The summed E-state index contributed by atoms with van der Waals surface area (Å²) in [5, 5.41) is 14.1. The van der Waals surface area contributed by atoms with Crippen LogP contribution in [0.5, 0.6) is 0 Å². The monoisotopic (exact) mass is 260 g/mol. The maximum atomic E-state index is 10.8. The number of imidazole rings is 1. The van der Waals surface area contributed by atoms with E-state index in [-0.39, 0.29) is 10.6 Å². The zero-order chi connectivity index (χ0) is 13.7. The van der Waals surface area contributed by atoms with Gasteiger partial charge >= 0.3 is 0 Å². The summed E-state index contributed by atoms with van der Waals surface area (Å²) in [6.45, 7) is 3.98. The fraction of sp³-hybridized carbons (Fsp3) is 0.308. The van der Waals surface area contributed by atoms with E-state index >= 15 is 0 Å². The third kappa shape index (κ3) is 3.62. The summed E-state index contributed by atoms with van der Waals surface area (Å²) >= 11 is 0. The molecule has 0 fully saturated rings. The first kappa shape index (κ1) is 13.2. The largest absolute Gasteiger partial charge is 0.336 e. The van der Waals surface area contributed by atoms with E-state index in [1.807, 2.05) is 16.8 Å². The number of aromatic nitrogens is 2. The lowest BCUT2D eigenvalue weighted by Gasteiger charge is -2.06. The lowest BCUT2D eigenvalue weighted by molar-refractivity contribution is -0.385. The van der Waals surface area contributed by atoms with Crippen LogP contribution in [0, 0.1) is 17.0 Å². The Morgan fingerprint density at radius 3 is 3.00 bits per heavy atom. The van der Waals surface area contributed by atoms with Crippen molar-refractivity contribution in [1.82, 2.24) is 14.9 Å². The van der Waals surface area contributed by atoms with Gasteiger partial charge in [-0.1, -0.05) is 12.1 Å². The lowest BCUT2D eigenvalue weighted by atomic mass is 10.1. The van der Waals surface area contributed by atoms with Crippen molar-refractivity contribution in [3.63, 3.8) is 0 Å². The van der Waals surface area contributed by atoms with Gasteiger partial charge in [-0.3, -0.25) is 10.1 Å².